The van der Waals surface area contributed by atoms with E-state index in [0.29, 0.717) is 37.0 Å². The van der Waals surface area contributed by atoms with Crippen molar-refractivity contribution < 1.29 is 66.1 Å². The molecule has 2 heterocycles. The number of fused-ring (bicyclic) bond motifs is 1. The number of hydrogen-bond acceptors (Lipinski definition) is 15. The fourth-order valence-electron chi connectivity index (χ4n) is 7.95. The number of nitrogens with one attached hydrogen (secondary N) is 7. The van der Waals surface area contributed by atoms with Gasteiger partial charge in [-0.15, -0.1) is 0 Å². The first kappa shape index (κ1) is 58.4. The molecule has 2 aliphatic heterocycles. The topological polar surface area (TPSA) is 352 Å². The number of carbonyl (C=O) groups excluding carboxylic acids is 8. The molecule has 0 spiro atoms. The molecule has 406 valence electrons. The minimum atomic E-state index is -1.27. The van der Waals surface area contributed by atoms with Gasteiger partial charge < -0.3 is 62.4 Å². The van der Waals surface area contributed by atoms with Crippen LogP contribution in [0.5, 0.6) is 0 Å². The van der Waals surface area contributed by atoms with Crippen molar-refractivity contribution in [2.24, 2.45) is 22.4 Å². The Morgan fingerprint density at radius 3 is 2.18 bits per heavy atom. The summed E-state index contributed by atoms with van der Waals surface area (Å²) >= 11 is 0. The number of amides is 8. The Kier molecular flexibility index (Phi) is 22.1. The molecule has 0 unspecified atom stereocenters. The van der Waals surface area contributed by atoms with Crippen molar-refractivity contribution in [2.75, 3.05) is 69.9 Å². The van der Waals surface area contributed by atoms with Gasteiger partial charge in [-0.2, -0.15) is 0 Å². The number of nitrogens with zero attached hydrogens (tertiary/aromatic N) is 3. The predicted octanol–water partition coefficient (Wildman–Crippen LogP) is 2.30. The van der Waals surface area contributed by atoms with Gasteiger partial charge in [-0.25, -0.2) is 23.4 Å². The highest BCUT2D eigenvalue weighted by atomic mass is 19.1. The van der Waals surface area contributed by atoms with Crippen molar-refractivity contribution in [3.63, 3.8) is 0 Å². The number of carbonyl (C=O) groups is 8. The number of nitrogens with two attached hydrogens (primary N) is 2. The Morgan fingerprint density at radius 1 is 0.855 bits per heavy atom. The summed E-state index contributed by atoms with van der Waals surface area (Å²) in [5.41, 5.74) is 11.2. The van der Waals surface area contributed by atoms with Gasteiger partial charge in [-0.1, -0.05) is 24.3 Å². The zero-order valence-corrected chi connectivity index (χ0v) is 41.7. The van der Waals surface area contributed by atoms with E-state index in [9.17, 15) is 48.2 Å². The highest BCUT2D eigenvalue weighted by Gasteiger charge is 2.47. The third kappa shape index (κ3) is 16.3. The van der Waals surface area contributed by atoms with Gasteiger partial charge in [0.15, 0.2) is 0 Å². The van der Waals surface area contributed by atoms with E-state index in [-0.39, 0.29) is 87.3 Å². The Hall–Kier alpha value is -8.49. The number of imide groups is 1. The molecule has 24 nitrogen and oxygen atoms in total. The van der Waals surface area contributed by atoms with Crippen LogP contribution in [0.25, 0.3) is 0 Å². The third-order valence-corrected chi connectivity index (χ3v) is 11.7. The molecule has 0 saturated carbocycles. The van der Waals surface area contributed by atoms with Crippen molar-refractivity contribution in [2.45, 2.75) is 57.3 Å². The van der Waals surface area contributed by atoms with Crippen molar-refractivity contribution >= 4 is 76.9 Å². The average molecular weight is 1060 g/mol. The molecular weight excluding hydrogens is 999 g/mol. The van der Waals surface area contributed by atoms with Crippen LogP contribution >= 0.6 is 0 Å². The van der Waals surface area contributed by atoms with E-state index in [1.54, 1.807) is 24.3 Å². The van der Waals surface area contributed by atoms with E-state index < -0.39 is 95.5 Å². The Bertz CT molecular complexity index is 2670. The molecule has 5 rings (SSSR count). The molecule has 76 heavy (non-hydrogen) atoms. The number of alkyl carbamates (subject to hydrolysis) is 1. The maximum atomic E-state index is 15.1. The predicted molar refractivity (Wildman–Crippen MR) is 271 cm³/mol. The summed E-state index contributed by atoms with van der Waals surface area (Å²) in [6.45, 7) is 1.47. The second kappa shape index (κ2) is 28.8. The van der Waals surface area contributed by atoms with Crippen molar-refractivity contribution in [3.05, 3.63) is 107 Å². The quantitative estimate of drug-likeness (QED) is 0.0229. The van der Waals surface area contributed by atoms with Crippen LogP contribution in [-0.2, 0) is 49.5 Å². The zero-order chi connectivity index (χ0) is 55.3. The fourth-order valence-corrected chi connectivity index (χ4v) is 7.95. The number of primary amides is 1. The standard InChI is InChI=1S/C50H60F2N12O12/c1-29(60-38(65)16-20-73-23-24-74-22-19-63-39(66)14-15-40(63)67)47(69)62-36(5-3-4-17-53)48(70)61-34-12-6-30(7-13-34)27-76-49(71)58-18-21-75-50(72)64-37-26-33(52)25-35(45(56)68)41(37)43(55)42(46(57-2)59-28-54)44(64)31-8-10-32(51)11-9-31/h6-15,25-26,28-29,36,42,44,55H,3-5,16-24,27,53H2,1-2H3,(H2,56,68)(H,58,71)(H,60,65)(H,61,70)(H,62,69)(H2,54,57,59)/t29-,36-,42-,44+/m0/s1. The SMILES string of the molecule is CN/C(=N\C=N)[C@H]1C(=N)c2c(C(N)=O)cc(F)cc2N(C(=O)OCCNC(=O)OCc2ccc(NC(=O)[C@H](CCCCN)NC(=O)[C@H](C)NC(=O)CCOCCOCCN3C(=O)C=CC3=O)cc2)[C@@H]1c1ccc(F)cc1. The van der Waals surface area contributed by atoms with E-state index in [0.717, 1.165) is 34.1 Å². The molecule has 26 heteroatoms. The van der Waals surface area contributed by atoms with Gasteiger partial charge in [0.2, 0.25) is 23.6 Å². The molecule has 11 N–H and O–H groups in total. The van der Waals surface area contributed by atoms with Gasteiger partial charge in [-0.3, -0.25) is 44.0 Å². The normalized spacial score (nSPS) is 15.8. The van der Waals surface area contributed by atoms with Crippen LogP contribution < -0.4 is 43.0 Å². The van der Waals surface area contributed by atoms with Crippen molar-refractivity contribution in [1.82, 2.24) is 26.2 Å². The maximum absolute atomic E-state index is 15.1. The van der Waals surface area contributed by atoms with Gasteiger partial charge in [0.05, 0.1) is 68.4 Å². The molecule has 0 radical (unpaired) electrons. The molecule has 4 atom stereocenters. The van der Waals surface area contributed by atoms with E-state index in [1.807, 2.05) is 0 Å². The fraction of sp³-hybridized carbons (Fsp3) is 0.380. The number of amidine groups is 1. The van der Waals surface area contributed by atoms with Crippen LogP contribution in [0.1, 0.15) is 65.7 Å². The third-order valence-electron chi connectivity index (χ3n) is 11.7. The number of aliphatic imine (C=N–C) groups is 1. The molecule has 0 aromatic heterocycles. The van der Waals surface area contributed by atoms with Gasteiger partial charge in [0.1, 0.15) is 49.1 Å². The minimum absolute atomic E-state index is 0.00741. The highest BCUT2D eigenvalue weighted by molar-refractivity contribution is 6.24. The number of anilines is 2. The molecule has 2 aliphatic rings. The number of halogens is 2. The van der Waals surface area contributed by atoms with Crippen molar-refractivity contribution in [1.29, 1.82) is 10.8 Å². The molecule has 0 fully saturated rings. The maximum Gasteiger partial charge on any atom is 0.414 e. The molecule has 3 aromatic rings. The summed E-state index contributed by atoms with van der Waals surface area (Å²) in [5.74, 6) is -6.34. The van der Waals surface area contributed by atoms with Crippen LogP contribution in [-0.4, -0.2) is 142 Å². The van der Waals surface area contributed by atoms with E-state index in [2.05, 4.69) is 31.6 Å². The van der Waals surface area contributed by atoms with E-state index in [1.165, 1.54) is 38.3 Å². The molecular formula is C50H60F2N12O12. The summed E-state index contributed by atoms with van der Waals surface area (Å²) in [6.07, 6.45) is 2.34. The highest BCUT2D eigenvalue weighted by Crippen LogP contribution is 2.44. The van der Waals surface area contributed by atoms with E-state index in [4.69, 9.17) is 35.8 Å². The Morgan fingerprint density at radius 2 is 1.54 bits per heavy atom. The lowest BCUT2D eigenvalue weighted by molar-refractivity contribution is -0.137. The van der Waals surface area contributed by atoms with Gasteiger partial charge in [0.25, 0.3) is 11.8 Å². The average Bonchev–Trinajstić information content (AvgIpc) is 3.77. The number of unbranched alkanes of at least 4 members (excludes halogenated alkanes) is 1. The van der Waals surface area contributed by atoms with Crippen LogP contribution in [0.3, 0.4) is 0 Å². The summed E-state index contributed by atoms with van der Waals surface area (Å²) < 4.78 is 50.9. The van der Waals surface area contributed by atoms with Crippen LogP contribution in [0.2, 0.25) is 0 Å². The summed E-state index contributed by atoms with van der Waals surface area (Å²) in [6, 6.07) is 9.67. The van der Waals surface area contributed by atoms with Gasteiger partial charge in [0, 0.05) is 36.9 Å². The summed E-state index contributed by atoms with van der Waals surface area (Å²) in [7, 11) is 1.45. The largest absolute Gasteiger partial charge is 0.447 e. The minimum Gasteiger partial charge on any atom is -0.447 e. The van der Waals surface area contributed by atoms with E-state index >= 15 is 4.39 Å². The molecule has 3 aromatic carbocycles. The number of rotatable bonds is 27. The van der Waals surface area contributed by atoms with Crippen molar-refractivity contribution in [3.8, 4) is 0 Å². The van der Waals surface area contributed by atoms with Gasteiger partial charge >= 0.3 is 12.2 Å². The first-order valence-electron chi connectivity index (χ1n) is 23.9. The zero-order valence-electron chi connectivity index (χ0n) is 41.7. The molecule has 0 saturated heterocycles. The monoisotopic (exact) mass is 1060 g/mol. The molecule has 0 aliphatic carbocycles. The second-order valence-corrected chi connectivity index (χ2v) is 16.9. The number of ether oxygens (including phenoxy) is 4. The summed E-state index contributed by atoms with van der Waals surface area (Å²) in [5, 5.41) is 30.1. The number of hydrogen-bond donors (Lipinski definition) is 9. The lowest BCUT2D eigenvalue weighted by Crippen LogP contribution is -2.51. The van der Waals surface area contributed by atoms with Crippen LogP contribution in [0.4, 0.5) is 29.7 Å². The second-order valence-electron chi connectivity index (χ2n) is 16.9. The lowest BCUT2D eigenvalue weighted by atomic mass is 9.78. The Balaban J connectivity index is 1.09. The first-order chi connectivity index (χ1) is 36.5. The molecule has 0 bridgehead atoms. The van der Waals surface area contributed by atoms with Gasteiger partial charge in [-0.05, 0) is 80.3 Å². The smallest absolute Gasteiger partial charge is 0.414 e. The summed E-state index contributed by atoms with van der Waals surface area (Å²) in [4.78, 5) is 108. The first-order valence-corrected chi connectivity index (χ1v) is 23.9. The number of benzene rings is 3. The van der Waals surface area contributed by atoms with Crippen LogP contribution in [0.15, 0.2) is 77.8 Å². The Labute approximate surface area is 435 Å². The molecule has 8 amide bonds. The van der Waals surface area contributed by atoms with Crippen LogP contribution in [0, 0.1) is 28.4 Å². The lowest BCUT2D eigenvalue weighted by Gasteiger charge is -2.42.